The lowest BCUT2D eigenvalue weighted by molar-refractivity contribution is -0.385. The molecule has 1 N–H and O–H groups in total. The molecular formula is C19H15N3O6S. The second-order valence-corrected chi connectivity index (χ2v) is 6.92. The summed E-state index contributed by atoms with van der Waals surface area (Å²) in [6.45, 7) is 0. The van der Waals surface area contributed by atoms with Gasteiger partial charge in [-0.2, -0.15) is 0 Å². The number of carboxylic acid groups (broad SMARTS) is 1. The lowest BCUT2D eigenvalue weighted by Crippen LogP contribution is -2.23. The fourth-order valence-electron chi connectivity index (χ4n) is 2.53. The Kier molecular flexibility index (Phi) is 5.64. The first-order valence-corrected chi connectivity index (χ1v) is 9.04. The molecule has 0 radical (unpaired) electrons. The van der Waals surface area contributed by atoms with Crippen LogP contribution in [0.25, 0.3) is 6.08 Å². The first-order chi connectivity index (χ1) is 13.8. The van der Waals surface area contributed by atoms with Crippen LogP contribution in [-0.2, 0) is 4.79 Å². The van der Waals surface area contributed by atoms with Crippen LogP contribution in [-0.4, -0.2) is 46.1 Å². The number of thioether (sulfide) groups is 1. The number of amides is 1. The molecule has 2 aromatic carbocycles. The maximum atomic E-state index is 12.5. The van der Waals surface area contributed by atoms with Gasteiger partial charge in [-0.25, -0.2) is 9.79 Å². The van der Waals surface area contributed by atoms with Crippen molar-refractivity contribution in [1.82, 2.24) is 4.90 Å². The van der Waals surface area contributed by atoms with E-state index in [1.165, 1.54) is 36.3 Å². The van der Waals surface area contributed by atoms with Crippen molar-refractivity contribution in [2.45, 2.75) is 0 Å². The molecule has 0 spiro atoms. The van der Waals surface area contributed by atoms with E-state index < -0.39 is 10.9 Å². The van der Waals surface area contributed by atoms with E-state index in [9.17, 15) is 19.7 Å². The highest BCUT2D eigenvalue weighted by Crippen LogP contribution is 2.35. The molecule has 3 rings (SSSR count). The van der Waals surface area contributed by atoms with Gasteiger partial charge in [0.1, 0.15) is 0 Å². The highest BCUT2D eigenvalue weighted by molar-refractivity contribution is 8.18. The Morgan fingerprint density at radius 2 is 1.97 bits per heavy atom. The van der Waals surface area contributed by atoms with Crippen LogP contribution in [0.4, 0.5) is 11.4 Å². The van der Waals surface area contributed by atoms with E-state index in [1.807, 2.05) is 0 Å². The Bertz CT molecular complexity index is 1060. The highest BCUT2D eigenvalue weighted by atomic mass is 32.2. The third-order valence-corrected chi connectivity index (χ3v) is 5.10. The topological polar surface area (TPSA) is 122 Å². The van der Waals surface area contributed by atoms with Gasteiger partial charge in [0.25, 0.3) is 5.91 Å². The molecule has 0 bridgehead atoms. The number of carboxylic acids is 1. The van der Waals surface area contributed by atoms with Gasteiger partial charge in [0.2, 0.25) is 0 Å². The van der Waals surface area contributed by atoms with E-state index in [0.29, 0.717) is 21.3 Å². The molecule has 0 aliphatic carbocycles. The molecule has 0 atom stereocenters. The molecular weight excluding hydrogens is 398 g/mol. The van der Waals surface area contributed by atoms with Gasteiger partial charge < -0.3 is 9.84 Å². The molecule has 2 aromatic rings. The van der Waals surface area contributed by atoms with Crippen LogP contribution in [0.1, 0.15) is 15.9 Å². The number of carbonyl (C=O) groups is 2. The number of nitrogens with zero attached hydrogens (tertiary/aromatic N) is 3. The standard InChI is InChI=1S/C19H15N3O6S/c1-21-17(23)16(10-11-3-8-15(28-2)14(9-11)22(26)27)29-19(21)20-13-6-4-12(5-7-13)18(24)25/h3-10H,1-2H3,(H,24,25)/b16-10+,20-19?. The molecule has 1 fully saturated rings. The molecule has 1 amide bonds. The van der Waals surface area contributed by atoms with Gasteiger partial charge in [-0.15, -0.1) is 0 Å². The summed E-state index contributed by atoms with van der Waals surface area (Å²) in [4.78, 5) is 40.2. The first-order valence-electron chi connectivity index (χ1n) is 8.22. The van der Waals surface area contributed by atoms with E-state index in [-0.39, 0.29) is 22.9 Å². The normalized spacial score (nSPS) is 16.5. The molecule has 1 aliphatic rings. The average molecular weight is 413 g/mol. The van der Waals surface area contributed by atoms with Crippen molar-refractivity contribution in [3.63, 3.8) is 0 Å². The number of benzene rings is 2. The number of aromatic carboxylic acids is 1. The van der Waals surface area contributed by atoms with E-state index >= 15 is 0 Å². The van der Waals surface area contributed by atoms with Crippen molar-refractivity contribution >= 4 is 46.3 Å². The number of hydrogen-bond donors (Lipinski definition) is 1. The number of rotatable bonds is 5. The summed E-state index contributed by atoms with van der Waals surface area (Å²) < 4.78 is 4.98. The van der Waals surface area contributed by atoms with Gasteiger partial charge in [0, 0.05) is 13.1 Å². The lowest BCUT2D eigenvalue weighted by Gasteiger charge is -2.07. The SMILES string of the molecule is COc1ccc(/C=C2/SC(=Nc3ccc(C(=O)O)cc3)N(C)C2=O)cc1[N+](=O)[O-]. The fourth-order valence-corrected chi connectivity index (χ4v) is 3.52. The molecule has 1 aliphatic heterocycles. The van der Waals surface area contributed by atoms with Crippen LogP contribution in [0.3, 0.4) is 0 Å². The number of nitro groups is 1. The molecule has 0 unspecified atom stereocenters. The summed E-state index contributed by atoms with van der Waals surface area (Å²) in [6.07, 6.45) is 1.55. The second-order valence-electron chi connectivity index (χ2n) is 5.91. The Morgan fingerprint density at radius 3 is 2.55 bits per heavy atom. The van der Waals surface area contributed by atoms with Crippen molar-refractivity contribution in [3.05, 3.63) is 68.6 Å². The van der Waals surface area contributed by atoms with E-state index in [4.69, 9.17) is 9.84 Å². The van der Waals surface area contributed by atoms with Crippen LogP contribution in [0.2, 0.25) is 0 Å². The average Bonchev–Trinajstić information content (AvgIpc) is 2.96. The molecule has 29 heavy (non-hydrogen) atoms. The summed E-state index contributed by atoms with van der Waals surface area (Å²) in [6, 6.07) is 10.4. The van der Waals surface area contributed by atoms with Crippen LogP contribution >= 0.6 is 11.8 Å². The zero-order valence-corrected chi connectivity index (χ0v) is 16.2. The second kappa shape index (κ2) is 8.15. The number of amidine groups is 1. The van der Waals surface area contributed by atoms with Crippen LogP contribution in [0.5, 0.6) is 5.75 Å². The van der Waals surface area contributed by atoms with Gasteiger partial charge in [-0.1, -0.05) is 6.07 Å². The predicted molar refractivity (Wildman–Crippen MR) is 108 cm³/mol. The lowest BCUT2D eigenvalue weighted by atomic mass is 10.1. The number of hydrogen-bond acceptors (Lipinski definition) is 7. The smallest absolute Gasteiger partial charge is 0.335 e. The van der Waals surface area contributed by atoms with E-state index in [1.54, 1.807) is 31.3 Å². The zero-order chi connectivity index (χ0) is 21.1. The Labute approximate surface area is 169 Å². The molecule has 0 aromatic heterocycles. The summed E-state index contributed by atoms with van der Waals surface area (Å²) in [5, 5.41) is 20.5. The maximum absolute atomic E-state index is 12.5. The molecule has 1 heterocycles. The number of nitro benzene ring substituents is 1. The maximum Gasteiger partial charge on any atom is 0.335 e. The zero-order valence-electron chi connectivity index (χ0n) is 15.4. The minimum atomic E-state index is -1.04. The molecule has 148 valence electrons. The largest absolute Gasteiger partial charge is 0.490 e. The first kappa shape index (κ1) is 20.1. The fraction of sp³-hybridized carbons (Fsp3) is 0.105. The molecule has 10 heteroatoms. The third kappa shape index (κ3) is 4.27. The number of likely N-dealkylation sites (N-methyl/N-ethyl adjacent to an activating group) is 1. The Hall–Kier alpha value is -3.66. The minimum Gasteiger partial charge on any atom is -0.490 e. The van der Waals surface area contributed by atoms with Crippen molar-refractivity contribution in [1.29, 1.82) is 0 Å². The number of carbonyl (C=O) groups excluding carboxylic acids is 1. The highest BCUT2D eigenvalue weighted by Gasteiger charge is 2.30. The van der Waals surface area contributed by atoms with Crippen molar-refractivity contribution in [2.24, 2.45) is 4.99 Å². The molecule has 9 nitrogen and oxygen atoms in total. The summed E-state index contributed by atoms with van der Waals surface area (Å²) >= 11 is 1.12. The summed E-state index contributed by atoms with van der Waals surface area (Å²) in [5.74, 6) is -1.20. The summed E-state index contributed by atoms with van der Waals surface area (Å²) in [7, 11) is 2.91. The number of methoxy groups -OCH3 is 1. The minimum absolute atomic E-state index is 0.131. The van der Waals surface area contributed by atoms with Crippen LogP contribution in [0.15, 0.2) is 52.4 Å². The van der Waals surface area contributed by atoms with E-state index in [2.05, 4.69) is 4.99 Å². The van der Waals surface area contributed by atoms with Gasteiger partial charge in [0.15, 0.2) is 10.9 Å². The van der Waals surface area contributed by atoms with Crippen molar-refractivity contribution in [3.8, 4) is 5.75 Å². The predicted octanol–water partition coefficient (Wildman–Crippen LogP) is 3.54. The van der Waals surface area contributed by atoms with Crippen molar-refractivity contribution < 1.29 is 24.4 Å². The quantitative estimate of drug-likeness (QED) is 0.452. The van der Waals surface area contributed by atoms with Gasteiger partial charge in [-0.3, -0.25) is 19.8 Å². The summed E-state index contributed by atoms with van der Waals surface area (Å²) in [5.41, 5.74) is 0.921. The number of ether oxygens (including phenoxy) is 1. The molecule has 1 saturated heterocycles. The third-order valence-electron chi connectivity index (χ3n) is 4.04. The number of aliphatic imine (C=N–C) groups is 1. The van der Waals surface area contributed by atoms with Crippen LogP contribution in [0, 0.1) is 10.1 Å². The van der Waals surface area contributed by atoms with Gasteiger partial charge in [-0.05, 0) is 53.7 Å². The Morgan fingerprint density at radius 1 is 1.28 bits per heavy atom. The van der Waals surface area contributed by atoms with E-state index in [0.717, 1.165) is 11.8 Å². The van der Waals surface area contributed by atoms with Crippen molar-refractivity contribution in [2.75, 3.05) is 14.2 Å². The van der Waals surface area contributed by atoms with Crippen LogP contribution < -0.4 is 4.74 Å². The van der Waals surface area contributed by atoms with Gasteiger partial charge in [0.05, 0.1) is 28.2 Å². The molecule has 0 saturated carbocycles. The van der Waals surface area contributed by atoms with Gasteiger partial charge >= 0.3 is 11.7 Å². The monoisotopic (exact) mass is 413 g/mol. The Balaban J connectivity index is 1.89.